The normalized spacial score (nSPS) is 23.3. The lowest BCUT2D eigenvalue weighted by Crippen LogP contribution is -2.44. The number of hydrogen-bond acceptors (Lipinski definition) is 4. The molecule has 11 heteroatoms. The van der Waals surface area contributed by atoms with Crippen LogP contribution in [0.4, 0.5) is 33.7 Å². The smallest absolute Gasteiger partial charge is 0.392 e. The number of urea groups is 1. The number of β-amino-alcohol motifs (C(OH)–C–C–N with tert-alkyl or cyclic N) is 1. The maximum absolute atomic E-state index is 13.8. The molecule has 3 amide bonds. The molecule has 41 heavy (non-hydrogen) atoms. The van der Waals surface area contributed by atoms with Crippen molar-refractivity contribution in [3.8, 4) is 0 Å². The molecule has 1 aliphatic carbocycles. The second kappa shape index (κ2) is 12.8. The van der Waals surface area contributed by atoms with Gasteiger partial charge in [0.2, 0.25) is 5.91 Å². The van der Waals surface area contributed by atoms with Crippen molar-refractivity contribution in [3.05, 3.63) is 59.4 Å². The van der Waals surface area contributed by atoms with Crippen molar-refractivity contribution < 1.29 is 32.3 Å². The van der Waals surface area contributed by atoms with Crippen LogP contribution in [0.1, 0.15) is 57.1 Å². The molecule has 0 bridgehead atoms. The zero-order valence-electron chi connectivity index (χ0n) is 23.4. The van der Waals surface area contributed by atoms with E-state index in [4.69, 9.17) is 0 Å². The number of benzene rings is 2. The summed E-state index contributed by atoms with van der Waals surface area (Å²) < 4.78 is 53.4. The first kappa shape index (κ1) is 30.8. The number of likely N-dealkylation sites (tertiary alicyclic amines) is 1. The zero-order valence-corrected chi connectivity index (χ0v) is 23.4. The first-order valence-electron chi connectivity index (χ1n) is 14.0. The Morgan fingerprint density at radius 2 is 1.78 bits per heavy atom. The summed E-state index contributed by atoms with van der Waals surface area (Å²) in [6, 6.07) is 9.76. The summed E-state index contributed by atoms with van der Waals surface area (Å²) in [5.74, 6) is -1.34. The Morgan fingerprint density at radius 3 is 2.41 bits per heavy atom. The van der Waals surface area contributed by atoms with Gasteiger partial charge < -0.3 is 20.6 Å². The number of carbonyl (C=O) groups is 2. The van der Waals surface area contributed by atoms with E-state index >= 15 is 0 Å². The Kier molecular flexibility index (Phi) is 9.59. The second-order valence-corrected chi connectivity index (χ2v) is 11.6. The fourth-order valence-electron chi connectivity index (χ4n) is 5.85. The molecule has 1 heterocycles. The maximum atomic E-state index is 13.8. The van der Waals surface area contributed by atoms with Gasteiger partial charge in [-0.3, -0.25) is 9.69 Å². The number of hydrogen-bond donors (Lipinski definition) is 3. The first-order chi connectivity index (χ1) is 19.3. The molecule has 0 spiro atoms. The molecule has 4 rings (SSSR count). The third-order valence-electron chi connectivity index (χ3n) is 8.31. The Morgan fingerprint density at radius 1 is 1.07 bits per heavy atom. The Bertz CT molecular complexity index is 1230. The first-order valence-corrected chi connectivity index (χ1v) is 14.0. The summed E-state index contributed by atoms with van der Waals surface area (Å²) in [4.78, 5) is 28.5. The fraction of sp³-hybridized carbons (Fsp3) is 0.533. The predicted molar refractivity (Wildman–Crippen MR) is 149 cm³/mol. The Balaban J connectivity index is 1.43. The molecule has 7 nitrogen and oxygen atoms in total. The van der Waals surface area contributed by atoms with Crippen LogP contribution in [-0.2, 0) is 16.4 Å². The van der Waals surface area contributed by atoms with Crippen LogP contribution < -0.4 is 10.6 Å². The van der Waals surface area contributed by atoms with Crippen LogP contribution in [-0.4, -0.2) is 65.7 Å². The molecule has 2 aliphatic rings. The highest BCUT2D eigenvalue weighted by molar-refractivity contribution is 5.89. The van der Waals surface area contributed by atoms with Crippen LogP contribution in [0, 0.1) is 11.7 Å². The van der Waals surface area contributed by atoms with Gasteiger partial charge in [-0.05, 0) is 79.3 Å². The van der Waals surface area contributed by atoms with Crippen molar-refractivity contribution in [2.45, 2.75) is 63.6 Å². The van der Waals surface area contributed by atoms with E-state index in [-0.39, 0.29) is 22.9 Å². The zero-order chi connectivity index (χ0) is 29.8. The molecule has 224 valence electrons. The Hall–Kier alpha value is -3.18. The van der Waals surface area contributed by atoms with Crippen molar-refractivity contribution in [2.75, 3.05) is 43.4 Å². The molecule has 0 aromatic heterocycles. The van der Waals surface area contributed by atoms with Crippen LogP contribution in [0.2, 0.25) is 0 Å². The number of nitrogens with zero attached hydrogens (tertiary/aromatic N) is 2. The van der Waals surface area contributed by atoms with E-state index in [0.29, 0.717) is 51.3 Å². The largest absolute Gasteiger partial charge is 0.419 e. The summed E-state index contributed by atoms with van der Waals surface area (Å²) >= 11 is 0. The van der Waals surface area contributed by atoms with Gasteiger partial charge in [-0.2, -0.15) is 13.2 Å². The van der Waals surface area contributed by atoms with Gasteiger partial charge in [-0.1, -0.05) is 19.1 Å². The number of anilines is 2. The summed E-state index contributed by atoms with van der Waals surface area (Å²) in [7, 11) is 0. The molecular formula is C30H38F4N4O3. The average molecular weight is 579 g/mol. The van der Waals surface area contributed by atoms with Gasteiger partial charge >= 0.3 is 12.2 Å². The molecule has 1 saturated heterocycles. The van der Waals surface area contributed by atoms with Crippen molar-refractivity contribution >= 4 is 23.3 Å². The number of rotatable bonds is 8. The van der Waals surface area contributed by atoms with E-state index in [2.05, 4.69) is 28.5 Å². The lowest BCUT2D eigenvalue weighted by molar-refractivity contribution is -0.139. The monoisotopic (exact) mass is 578 g/mol. The van der Waals surface area contributed by atoms with E-state index in [0.717, 1.165) is 43.0 Å². The minimum Gasteiger partial charge on any atom is -0.392 e. The lowest BCUT2D eigenvalue weighted by Gasteiger charge is -2.40. The number of alkyl halides is 3. The average Bonchev–Trinajstić information content (AvgIpc) is 3.32. The SMILES string of the molecule is CC(=O)Nc1cccc(C2(C)CCC(CN(CCN3CCC(O)C3)C(=O)Nc3ccc(F)c(C(F)(F)F)c3)CC2)c1. The molecule has 1 unspecified atom stereocenters. The minimum atomic E-state index is -4.88. The van der Waals surface area contributed by atoms with Crippen molar-refractivity contribution in [1.29, 1.82) is 0 Å². The van der Waals surface area contributed by atoms with Gasteiger partial charge in [0.1, 0.15) is 5.82 Å². The maximum Gasteiger partial charge on any atom is 0.419 e. The third kappa shape index (κ3) is 8.19. The lowest BCUT2D eigenvalue weighted by atomic mass is 9.68. The van der Waals surface area contributed by atoms with Gasteiger partial charge in [0, 0.05) is 51.0 Å². The third-order valence-corrected chi connectivity index (χ3v) is 8.31. The number of aliphatic hydroxyl groups is 1. The summed E-state index contributed by atoms with van der Waals surface area (Å²) in [6.07, 6.45) is -1.17. The summed E-state index contributed by atoms with van der Waals surface area (Å²) in [6.45, 7) is 6.20. The van der Waals surface area contributed by atoms with Crippen molar-refractivity contribution in [1.82, 2.24) is 9.80 Å². The van der Waals surface area contributed by atoms with E-state index in [1.807, 2.05) is 18.2 Å². The molecule has 2 fully saturated rings. The van der Waals surface area contributed by atoms with E-state index in [1.54, 1.807) is 4.90 Å². The standard InChI is InChI=1S/C30H38F4N4O3/c1-20(39)35-23-5-3-4-22(16-23)29(2)11-8-21(9-12-29)18-38(15-14-37-13-10-25(40)19-37)28(41)36-24-6-7-27(31)26(17-24)30(32,33)34/h3-7,16-17,21,25,40H,8-15,18-19H2,1-2H3,(H,35,39)(H,36,41). The van der Waals surface area contributed by atoms with Crippen LogP contribution >= 0.6 is 0 Å². The van der Waals surface area contributed by atoms with Gasteiger partial charge in [0.05, 0.1) is 11.7 Å². The topological polar surface area (TPSA) is 84.9 Å². The van der Waals surface area contributed by atoms with Crippen LogP contribution in [0.3, 0.4) is 0 Å². The van der Waals surface area contributed by atoms with Crippen LogP contribution in [0.25, 0.3) is 0 Å². The summed E-state index contributed by atoms with van der Waals surface area (Å²) in [5, 5.41) is 15.2. The van der Waals surface area contributed by atoms with E-state index in [9.17, 15) is 32.3 Å². The molecule has 0 radical (unpaired) electrons. The van der Waals surface area contributed by atoms with Crippen LogP contribution in [0.5, 0.6) is 0 Å². The van der Waals surface area contributed by atoms with Gasteiger partial charge in [0.15, 0.2) is 0 Å². The van der Waals surface area contributed by atoms with Gasteiger partial charge in [-0.25, -0.2) is 9.18 Å². The van der Waals surface area contributed by atoms with E-state index < -0.39 is 29.7 Å². The molecular weight excluding hydrogens is 540 g/mol. The Labute approximate surface area is 237 Å². The molecule has 1 atom stereocenters. The number of amides is 3. The van der Waals surface area contributed by atoms with Gasteiger partial charge in [0.25, 0.3) is 0 Å². The molecule has 1 aliphatic heterocycles. The molecule has 2 aromatic rings. The number of nitrogens with one attached hydrogen (secondary N) is 2. The predicted octanol–water partition coefficient (Wildman–Crippen LogP) is 5.85. The number of aliphatic hydroxyl groups excluding tert-OH is 1. The molecule has 3 N–H and O–H groups in total. The molecule has 2 aromatic carbocycles. The quantitative estimate of drug-likeness (QED) is 0.343. The van der Waals surface area contributed by atoms with E-state index in [1.165, 1.54) is 6.92 Å². The highest BCUT2D eigenvalue weighted by Gasteiger charge is 2.36. The highest BCUT2D eigenvalue weighted by atomic mass is 19.4. The van der Waals surface area contributed by atoms with Gasteiger partial charge in [-0.15, -0.1) is 0 Å². The summed E-state index contributed by atoms with van der Waals surface area (Å²) in [5.41, 5.74) is 0.248. The molecule has 1 saturated carbocycles. The van der Waals surface area contributed by atoms with Crippen molar-refractivity contribution in [3.63, 3.8) is 0 Å². The number of halogens is 4. The minimum absolute atomic E-state index is 0.0914. The second-order valence-electron chi connectivity index (χ2n) is 11.6. The highest BCUT2D eigenvalue weighted by Crippen LogP contribution is 2.42. The fourth-order valence-corrected chi connectivity index (χ4v) is 5.85. The van der Waals surface area contributed by atoms with Crippen LogP contribution in [0.15, 0.2) is 42.5 Å². The van der Waals surface area contributed by atoms with Crippen molar-refractivity contribution in [2.24, 2.45) is 5.92 Å². The number of carbonyl (C=O) groups excluding carboxylic acids is 2.